The Bertz CT molecular complexity index is 430. The Morgan fingerprint density at radius 2 is 2.12 bits per heavy atom. The molecule has 0 fully saturated rings. The van der Waals surface area contributed by atoms with Gasteiger partial charge in [-0.15, -0.1) is 0 Å². The molecule has 0 aliphatic heterocycles. The monoisotopic (exact) mass is 234 g/mol. The van der Waals surface area contributed by atoms with Crippen molar-refractivity contribution < 1.29 is 14.3 Å². The molecule has 1 rings (SSSR count). The zero-order valence-electron chi connectivity index (χ0n) is 9.31. The minimum atomic E-state index is -0.433. The van der Waals surface area contributed by atoms with Gasteiger partial charge in [0.2, 0.25) is 11.8 Å². The van der Waals surface area contributed by atoms with Gasteiger partial charge in [-0.1, -0.05) is 18.7 Å². The highest BCUT2D eigenvalue weighted by atomic mass is 16.5. The van der Waals surface area contributed by atoms with E-state index in [9.17, 15) is 9.59 Å². The molecular weight excluding hydrogens is 220 g/mol. The normalized spacial score (nSPS) is 9.41. The maximum Gasteiger partial charge on any atom is 0.247 e. The molecule has 0 aliphatic carbocycles. The largest absolute Gasteiger partial charge is 0.491 e. The van der Waals surface area contributed by atoms with Gasteiger partial charge in [0, 0.05) is 0 Å². The predicted octanol–water partition coefficient (Wildman–Crippen LogP) is 1.07. The summed E-state index contributed by atoms with van der Waals surface area (Å²) in [5, 5.41) is 2.60. The molecule has 0 atom stereocenters. The summed E-state index contributed by atoms with van der Waals surface area (Å²) in [4.78, 5) is 21.7. The second-order valence-electron chi connectivity index (χ2n) is 3.25. The third-order valence-electron chi connectivity index (χ3n) is 1.94. The molecule has 0 aromatic heterocycles. The first-order valence-electron chi connectivity index (χ1n) is 5.07. The summed E-state index contributed by atoms with van der Waals surface area (Å²) in [5.41, 5.74) is 5.52. The lowest BCUT2D eigenvalue weighted by atomic mass is 10.3. The van der Waals surface area contributed by atoms with E-state index in [2.05, 4.69) is 11.9 Å². The summed E-state index contributed by atoms with van der Waals surface area (Å²) < 4.78 is 5.34. The van der Waals surface area contributed by atoms with Crippen LogP contribution >= 0.6 is 0 Å². The average Bonchev–Trinajstić information content (AvgIpc) is 2.30. The highest BCUT2D eigenvalue weighted by Gasteiger charge is 2.05. The Hall–Kier alpha value is -2.30. The quantitative estimate of drug-likeness (QED) is 0.722. The van der Waals surface area contributed by atoms with Crippen molar-refractivity contribution in [3.05, 3.63) is 36.9 Å². The number of nitrogens with two attached hydrogens (primary N) is 1. The van der Waals surface area contributed by atoms with Crippen LogP contribution in [0.5, 0.6) is 5.75 Å². The van der Waals surface area contributed by atoms with Gasteiger partial charge >= 0.3 is 0 Å². The van der Waals surface area contributed by atoms with Crippen LogP contribution in [-0.4, -0.2) is 18.4 Å². The molecule has 0 saturated heterocycles. The SMILES string of the molecule is C=CC(=O)Nc1ccccc1OCCC(N)=O. The van der Waals surface area contributed by atoms with Gasteiger partial charge in [0.25, 0.3) is 0 Å². The van der Waals surface area contributed by atoms with Crippen LogP contribution in [0.15, 0.2) is 36.9 Å². The molecule has 90 valence electrons. The van der Waals surface area contributed by atoms with Gasteiger partial charge in [0.1, 0.15) is 5.75 Å². The van der Waals surface area contributed by atoms with Crippen molar-refractivity contribution in [2.75, 3.05) is 11.9 Å². The summed E-state index contributed by atoms with van der Waals surface area (Å²) in [6.07, 6.45) is 1.30. The van der Waals surface area contributed by atoms with E-state index in [-0.39, 0.29) is 18.9 Å². The molecular formula is C12H14N2O3. The van der Waals surface area contributed by atoms with Gasteiger partial charge in [-0.3, -0.25) is 9.59 Å². The number of hydrogen-bond donors (Lipinski definition) is 2. The smallest absolute Gasteiger partial charge is 0.247 e. The van der Waals surface area contributed by atoms with Gasteiger partial charge in [-0.25, -0.2) is 0 Å². The number of benzene rings is 1. The fourth-order valence-electron chi connectivity index (χ4n) is 1.14. The van der Waals surface area contributed by atoms with Gasteiger partial charge in [-0.2, -0.15) is 0 Å². The third-order valence-corrected chi connectivity index (χ3v) is 1.94. The number of carbonyl (C=O) groups excluding carboxylic acids is 2. The van der Waals surface area contributed by atoms with E-state index >= 15 is 0 Å². The lowest BCUT2D eigenvalue weighted by Gasteiger charge is -2.10. The van der Waals surface area contributed by atoms with Crippen LogP contribution in [0.1, 0.15) is 6.42 Å². The number of primary amides is 1. The van der Waals surface area contributed by atoms with Crippen LogP contribution in [0.4, 0.5) is 5.69 Å². The lowest BCUT2D eigenvalue weighted by Crippen LogP contribution is -2.15. The van der Waals surface area contributed by atoms with Gasteiger partial charge in [0.15, 0.2) is 0 Å². The molecule has 0 spiro atoms. The molecule has 1 aromatic rings. The van der Waals surface area contributed by atoms with Crippen LogP contribution in [0.3, 0.4) is 0 Å². The summed E-state index contributed by atoms with van der Waals surface area (Å²) in [7, 11) is 0. The number of nitrogens with one attached hydrogen (secondary N) is 1. The number of ether oxygens (including phenoxy) is 1. The Balaban J connectivity index is 2.67. The molecule has 0 radical (unpaired) electrons. The second-order valence-corrected chi connectivity index (χ2v) is 3.25. The van der Waals surface area contributed by atoms with Crippen molar-refractivity contribution in [3.63, 3.8) is 0 Å². The van der Waals surface area contributed by atoms with Crippen molar-refractivity contribution in [3.8, 4) is 5.75 Å². The van der Waals surface area contributed by atoms with E-state index in [4.69, 9.17) is 10.5 Å². The zero-order valence-corrected chi connectivity index (χ0v) is 9.31. The van der Waals surface area contributed by atoms with E-state index in [0.29, 0.717) is 11.4 Å². The van der Waals surface area contributed by atoms with E-state index in [1.807, 2.05) is 0 Å². The Morgan fingerprint density at radius 3 is 2.76 bits per heavy atom. The summed E-state index contributed by atoms with van der Waals surface area (Å²) >= 11 is 0. The standard InChI is InChI=1S/C12H14N2O3/c1-2-12(16)14-9-5-3-4-6-10(9)17-8-7-11(13)15/h2-6H,1,7-8H2,(H2,13,15)(H,14,16). The maximum atomic E-state index is 11.2. The summed E-state index contributed by atoms with van der Waals surface area (Å²) in [6.45, 7) is 3.53. The molecule has 0 aliphatic rings. The van der Waals surface area contributed by atoms with E-state index in [1.165, 1.54) is 6.08 Å². The molecule has 17 heavy (non-hydrogen) atoms. The molecule has 5 heteroatoms. The average molecular weight is 234 g/mol. The van der Waals surface area contributed by atoms with Gasteiger partial charge < -0.3 is 15.8 Å². The van der Waals surface area contributed by atoms with Crippen LogP contribution in [0.25, 0.3) is 0 Å². The lowest BCUT2D eigenvalue weighted by molar-refractivity contribution is -0.118. The molecule has 0 saturated carbocycles. The number of carbonyl (C=O) groups is 2. The first kappa shape index (κ1) is 12.8. The molecule has 0 unspecified atom stereocenters. The van der Waals surface area contributed by atoms with Gasteiger partial charge in [0.05, 0.1) is 18.7 Å². The fourth-order valence-corrected chi connectivity index (χ4v) is 1.14. The number of rotatable bonds is 6. The number of para-hydroxylation sites is 2. The van der Waals surface area contributed by atoms with E-state index in [0.717, 1.165) is 0 Å². The maximum absolute atomic E-state index is 11.2. The zero-order chi connectivity index (χ0) is 12.7. The highest BCUT2D eigenvalue weighted by Crippen LogP contribution is 2.23. The molecule has 2 amide bonds. The fraction of sp³-hybridized carbons (Fsp3) is 0.167. The van der Waals surface area contributed by atoms with Crippen LogP contribution in [0.2, 0.25) is 0 Å². The second kappa shape index (κ2) is 6.32. The third kappa shape index (κ3) is 4.38. The first-order chi connectivity index (χ1) is 8.13. The topological polar surface area (TPSA) is 81.4 Å². The predicted molar refractivity (Wildman–Crippen MR) is 64.6 cm³/mol. The Morgan fingerprint density at radius 1 is 1.41 bits per heavy atom. The first-order valence-corrected chi connectivity index (χ1v) is 5.07. The molecule has 0 heterocycles. The highest BCUT2D eigenvalue weighted by molar-refractivity contribution is 5.99. The Kier molecular flexibility index (Phi) is 4.75. The van der Waals surface area contributed by atoms with Gasteiger partial charge in [-0.05, 0) is 18.2 Å². The Labute approximate surface area is 99.3 Å². The number of hydrogen-bond acceptors (Lipinski definition) is 3. The molecule has 3 N–H and O–H groups in total. The molecule has 1 aromatic carbocycles. The van der Waals surface area contributed by atoms with Crippen molar-refractivity contribution in [2.24, 2.45) is 5.73 Å². The summed E-state index contributed by atoms with van der Waals surface area (Å²) in [5.74, 6) is -0.266. The van der Waals surface area contributed by atoms with E-state index in [1.54, 1.807) is 24.3 Å². The van der Waals surface area contributed by atoms with Crippen molar-refractivity contribution in [2.45, 2.75) is 6.42 Å². The van der Waals surface area contributed by atoms with Crippen LogP contribution < -0.4 is 15.8 Å². The number of anilines is 1. The van der Waals surface area contributed by atoms with E-state index < -0.39 is 5.91 Å². The summed E-state index contributed by atoms with van der Waals surface area (Å²) in [6, 6.07) is 6.92. The van der Waals surface area contributed by atoms with Crippen molar-refractivity contribution >= 4 is 17.5 Å². The van der Waals surface area contributed by atoms with Crippen molar-refractivity contribution in [1.82, 2.24) is 0 Å². The molecule has 0 bridgehead atoms. The molecule has 5 nitrogen and oxygen atoms in total. The number of amides is 2. The van der Waals surface area contributed by atoms with Crippen LogP contribution in [-0.2, 0) is 9.59 Å². The minimum Gasteiger partial charge on any atom is -0.491 e. The van der Waals surface area contributed by atoms with Crippen LogP contribution in [0, 0.1) is 0 Å². The minimum absolute atomic E-state index is 0.129. The van der Waals surface area contributed by atoms with Crippen molar-refractivity contribution in [1.29, 1.82) is 0 Å².